The van der Waals surface area contributed by atoms with Crippen molar-refractivity contribution in [3.05, 3.63) is 46.4 Å². The number of amides is 1. The summed E-state index contributed by atoms with van der Waals surface area (Å²) in [6.07, 6.45) is -0.591. The number of carboxylic acids is 1. The number of hydrogen-bond acceptors (Lipinski definition) is 3. The van der Waals surface area contributed by atoms with Crippen LogP contribution in [0.15, 0.2) is 40.9 Å². The fourth-order valence-electron chi connectivity index (χ4n) is 2.31. The smallest absolute Gasteiger partial charge is 0.408 e. The molecular formula is C18H20BrNO4. The molecule has 1 amide bonds. The van der Waals surface area contributed by atoms with Gasteiger partial charge in [-0.2, -0.15) is 0 Å². The Morgan fingerprint density at radius 1 is 1.21 bits per heavy atom. The van der Waals surface area contributed by atoms with Gasteiger partial charge in [0.1, 0.15) is 11.6 Å². The molecule has 0 aromatic heterocycles. The molecule has 1 atom stereocenters. The summed E-state index contributed by atoms with van der Waals surface area (Å²) in [7, 11) is 0. The highest BCUT2D eigenvalue weighted by atomic mass is 79.9. The highest BCUT2D eigenvalue weighted by molar-refractivity contribution is 9.10. The molecule has 2 rings (SSSR count). The third-order valence-corrected chi connectivity index (χ3v) is 4.29. The Kier molecular flexibility index (Phi) is 5.49. The molecule has 2 aromatic rings. The summed E-state index contributed by atoms with van der Waals surface area (Å²) in [5, 5.41) is 13.9. The molecule has 0 saturated heterocycles. The van der Waals surface area contributed by atoms with Gasteiger partial charge in [0.25, 0.3) is 0 Å². The third kappa shape index (κ3) is 4.71. The molecule has 0 aliphatic rings. The average molecular weight is 394 g/mol. The maximum absolute atomic E-state index is 11.9. The van der Waals surface area contributed by atoms with Crippen molar-refractivity contribution in [3.63, 3.8) is 0 Å². The number of ether oxygens (including phenoxy) is 1. The SMILES string of the molecule is CC(C)(C)OC(=O)NC(Cc1ccc2ccccc2c1Br)C(=O)O. The second-order valence-electron chi connectivity index (χ2n) is 6.50. The van der Waals surface area contributed by atoms with Gasteiger partial charge in [0.2, 0.25) is 0 Å². The maximum atomic E-state index is 11.9. The Balaban J connectivity index is 2.21. The van der Waals surface area contributed by atoms with Gasteiger partial charge in [0.15, 0.2) is 0 Å². The van der Waals surface area contributed by atoms with Crippen LogP contribution in [0.4, 0.5) is 4.79 Å². The summed E-state index contributed by atoms with van der Waals surface area (Å²) in [4.78, 5) is 23.3. The first-order valence-corrected chi connectivity index (χ1v) is 8.35. The van der Waals surface area contributed by atoms with Crippen LogP contribution >= 0.6 is 15.9 Å². The number of hydrogen-bond donors (Lipinski definition) is 2. The Hall–Kier alpha value is -2.08. The molecular weight excluding hydrogens is 374 g/mol. The molecule has 2 aromatic carbocycles. The zero-order valence-corrected chi connectivity index (χ0v) is 15.4. The lowest BCUT2D eigenvalue weighted by atomic mass is 10.0. The lowest BCUT2D eigenvalue weighted by Crippen LogP contribution is -2.44. The van der Waals surface area contributed by atoms with Crippen LogP contribution in [0, 0.1) is 0 Å². The van der Waals surface area contributed by atoms with E-state index in [0.717, 1.165) is 20.8 Å². The van der Waals surface area contributed by atoms with E-state index in [4.69, 9.17) is 4.74 Å². The van der Waals surface area contributed by atoms with E-state index in [2.05, 4.69) is 21.2 Å². The second-order valence-corrected chi connectivity index (χ2v) is 7.29. The zero-order chi connectivity index (χ0) is 17.9. The number of carbonyl (C=O) groups excluding carboxylic acids is 1. The largest absolute Gasteiger partial charge is 0.480 e. The first kappa shape index (κ1) is 18.3. The van der Waals surface area contributed by atoms with Gasteiger partial charge in [-0.1, -0.05) is 36.4 Å². The van der Waals surface area contributed by atoms with Crippen LogP contribution < -0.4 is 5.32 Å². The quantitative estimate of drug-likeness (QED) is 0.818. The topological polar surface area (TPSA) is 75.6 Å². The van der Waals surface area contributed by atoms with E-state index < -0.39 is 23.7 Å². The Morgan fingerprint density at radius 3 is 2.50 bits per heavy atom. The number of alkyl carbamates (subject to hydrolysis) is 1. The summed E-state index contributed by atoms with van der Waals surface area (Å²) < 4.78 is 5.96. The number of halogens is 1. The number of carbonyl (C=O) groups is 2. The first-order chi connectivity index (χ1) is 11.2. The summed E-state index contributed by atoms with van der Waals surface area (Å²) in [5.41, 5.74) is 0.119. The van der Waals surface area contributed by atoms with Crippen LogP contribution in [0.1, 0.15) is 26.3 Å². The van der Waals surface area contributed by atoms with Crippen LogP contribution in [0.25, 0.3) is 10.8 Å². The van der Waals surface area contributed by atoms with Crippen molar-refractivity contribution >= 4 is 38.8 Å². The van der Waals surface area contributed by atoms with Gasteiger partial charge in [-0.3, -0.25) is 0 Å². The Morgan fingerprint density at radius 2 is 1.88 bits per heavy atom. The Bertz CT molecular complexity index is 767. The molecule has 2 N–H and O–H groups in total. The van der Waals surface area contributed by atoms with Gasteiger partial charge in [0.05, 0.1) is 0 Å². The molecule has 0 saturated carbocycles. The van der Waals surface area contributed by atoms with Gasteiger partial charge in [-0.05, 0) is 53.0 Å². The van der Waals surface area contributed by atoms with Crippen molar-refractivity contribution in [2.75, 3.05) is 0 Å². The minimum atomic E-state index is -1.11. The maximum Gasteiger partial charge on any atom is 0.408 e. The van der Waals surface area contributed by atoms with Crippen molar-refractivity contribution in [1.29, 1.82) is 0 Å². The standard InChI is InChI=1S/C18H20BrNO4/c1-18(2,3)24-17(23)20-14(16(21)22)10-12-9-8-11-6-4-5-7-13(11)15(12)19/h4-9,14H,10H2,1-3H3,(H,20,23)(H,21,22). The lowest BCUT2D eigenvalue weighted by molar-refractivity contribution is -0.139. The molecule has 0 aliphatic carbocycles. The van der Waals surface area contributed by atoms with E-state index in [1.165, 1.54) is 0 Å². The minimum Gasteiger partial charge on any atom is -0.480 e. The van der Waals surface area contributed by atoms with E-state index in [9.17, 15) is 14.7 Å². The number of carboxylic acid groups (broad SMARTS) is 1. The first-order valence-electron chi connectivity index (χ1n) is 7.56. The Labute approximate surface area is 149 Å². The summed E-state index contributed by atoms with van der Waals surface area (Å²) in [6.45, 7) is 5.17. The molecule has 24 heavy (non-hydrogen) atoms. The number of aliphatic carboxylic acids is 1. The fourth-order valence-corrected chi connectivity index (χ4v) is 2.96. The predicted molar refractivity (Wildman–Crippen MR) is 96.1 cm³/mol. The molecule has 6 heteroatoms. The minimum absolute atomic E-state index is 0.153. The molecule has 128 valence electrons. The highest BCUT2D eigenvalue weighted by Crippen LogP contribution is 2.28. The van der Waals surface area contributed by atoms with Crippen molar-refractivity contribution in [1.82, 2.24) is 5.32 Å². The summed E-state index contributed by atoms with van der Waals surface area (Å²) in [6, 6.07) is 10.5. The zero-order valence-electron chi connectivity index (χ0n) is 13.8. The van der Waals surface area contributed by atoms with E-state index in [1.807, 2.05) is 36.4 Å². The van der Waals surface area contributed by atoms with Gasteiger partial charge >= 0.3 is 12.1 Å². The van der Waals surface area contributed by atoms with Crippen molar-refractivity contribution in [3.8, 4) is 0 Å². The van der Waals surface area contributed by atoms with E-state index in [1.54, 1.807) is 20.8 Å². The predicted octanol–water partition coefficient (Wildman–Crippen LogP) is 4.12. The normalized spacial score (nSPS) is 12.7. The van der Waals surface area contributed by atoms with E-state index >= 15 is 0 Å². The van der Waals surface area contributed by atoms with Crippen molar-refractivity contribution in [2.24, 2.45) is 0 Å². The number of rotatable bonds is 4. The van der Waals surface area contributed by atoms with Crippen LogP contribution in [-0.2, 0) is 16.0 Å². The molecule has 0 aliphatic heterocycles. The van der Waals surface area contributed by atoms with Crippen LogP contribution in [0.5, 0.6) is 0 Å². The lowest BCUT2D eigenvalue weighted by Gasteiger charge is -2.22. The van der Waals surface area contributed by atoms with Crippen LogP contribution in [0.3, 0.4) is 0 Å². The highest BCUT2D eigenvalue weighted by Gasteiger charge is 2.25. The van der Waals surface area contributed by atoms with E-state index in [-0.39, 0.29) is 6.42 Å². The molecule has 0 fully saturated rings. The van der Waals surface area contributed by atoms with Gasteiger partial charge in [-0.25, -0.2) is 9.59 Å². The second kappa shape index (κ2) is 7.21. The summed E-state index contributed by atoms with van der Waals surface area (Å²) >= 11 is 3.54. The molecule has 5 nitrogen and oxygen atoms in total. The number of fused-ring (bicyclic) bond motifs is 1. The van der Waals surface area contributed by atoms with Gasteiger partial charge in [-0.15, -0.1) is 0 Å². The monoisotopic (exact) mass is 393 g/mol. The number of benzene rings is 2. The van der Waals surface area contributed by atoms with Crippen molar-refractivity contribution < 1.29 is 19.4 Å². The average Bonchev–Trinajstić information content (AvgIpc) is 2.47. The summed E-state index contributed by atoms with van der Waals surface area (Å²) in [5.74, 6) is -1.11. The van der Waals surface area contributed by atoms with Gasteiger partial charge < -0.3 is 15.2 Å². The molecule has 0 spiro atoms. The third-order valence-electron chi connectivity index (χ3n) is 3.36. The number of nitrogens with one attached hydrogen (secondary N) is 1. The fraction of sp³-hybridized carbons (Fsp3) is 0.333. The van der Waals surface area contributed by atoms with Crippen LogP contribution in [0.2, 0.25) is 0 Å². The molecule has 0 bridgehead atoms. The molecule has 0 heterocycles. The van der Waals surface area contributed by atoms with E-state index in [0.29, 0.717) is 0 Å². The van der Waals surface area contributed by atoms with Crippen molar-refractivity contribution in [2.45, 2.75) is 38.8 Å². The van der Waals surface area contributed by atoms with Crippen LogP contribution in [-0.4, -0.2) is 28.8 Å². The van der Waals surface area contributed by atoms with Gasteiger partial charge in [0, 0.05) is 10.9 Å². The molecule has 0 radical (unpaired) electrons. The molecule has 1 unspecified atom stereocenters.